The highest BCUT2D eigenvalue weighted by Crippen LogP contribution is 2.46. The van der Waals surface area contributed by atoms with Crippen LogP contribution >= 0.6 is 19.3 Å². The van der Waals surface area contributed by atoms with Gasteiger partial charge in [0.05, 0.1) is 17.9 Å². The fraction of sp³-hybridized carbons (Fsp3) is 0.174. The molecule has 0 fully saturated rings. The van der Waals surface area contributed by atoms with Crippen molar-refractivity contribution in [3.63, 3.8) is 0 Å². The van der Waals surface area contributed by atoms with Crippen LogP contribution in [-0.4, -0.2) is 28.4 Å². The van der Waals surface area contributed by atoms with Crippen LogP contribution in [0.15, 0.2) is 60.8 Å². The molecule has 0 saturated heterocycles. The molecule has 0 saturated carbocycles. The van der Waals surface area contributed by atoms with Gasteiger partial charge in [0.15, 0.2) is 6.29 Å². The van der Waals surface area contributed by atoms with Crippen molar-refractivity contribution < 1.29 is 33.0 Å². The van der Waals surface area contributed by atoms with E-state index in [0.717, 1.165) is 0 Å². The third kappa shape index (κ3) is 6.65. The Balaban J connectivity index is 1.79. The lowest BCUT2D eigenvalue weighted by molar-refractivity contribution is -0.135. The molecule has 1 heterocycles. The third-order valence-corrected chi connectivity index (χ3v) is 6.45. The molecule has 2 N–H and O–H groups in total. The maximum Gasteiger partial charge on any atom is 0.459 e. The van der Waals surface area contributed by atoms with Crippen molar-refractivity contribution in [2.24, 2.45) is 0 Å². The van der Waals surface area contributed by atoms with Crippen LogP contribution in [0.1, 0.15) is 28.5 Å². The first-order valence-corrected chi connectivity index (χ1v) is 12.0. The number of halogens is 1. The lowest BCUT2D eigenvalue weighted by Crippen LogP contribution is -2.36. The van der Waals surface area contributed by atoms with Gasteiger partial charge in [-0.2, -0.15) is 5.09 Å². The third-order valence-electron chi connectivity index (χ3n) is 4.57. The number of hydrogen-bond donors (Lipinski definition) is 2. The number of carbonyl (C=O) groups is 2. The molecule has 0 aliphatic rings. The second-order valence-corrected chi connectivity index (χ2v) is 9.28. The summed E-state index contributed by atoms with van der Waals surface area (Å²) in [4.78, 5) is 28.0. The second-order valence-electron chi connectivity index (χ2n) is 7.15. The lowest BCUT2D eigenvalue weighted by atomic mass is 10.1. The summed E-state index contributed by atoms with van der Waals surface area (Å²) in [6.45, 7) is 2.57. The molecule has 11 heteroatoms. The van der Waals surface area contributed by atoms with Crippen molar-refractivity contribution in [3.05, 3.63) is 82.6 Å². The van der Waals surface area contributed by atoms with Gasteiger partial charge >= 0.3 is 13.7 Å². The molecule has 9 nitrogen and oxygen atoms in total. The van der Waals surface area contributed by atoms with E-state index >= 15 is 0 Å². The van der Waals surface area contributed by atoms with Crippen molar-refractivity contribution in [1.29, 1.82) is 0 Å². The first-order valence-electron chi connectivity index (χ1n) is 10.1. The number of esters is 1. The molecular weight excluding hydrogens is 483 g/mol. The Morgan fingerprint density at radius 2 is 1.85 bits per heavy atom. The predicted octanol–water partition coefficient (Wildman–Crippen LogP) is 4.85. The number of nitrogens with one attached hydrogen (secondary N) is 1. The Morgan fingerprint density at radius 1 is 1.18 bits per heavy atom. The van der Waals surface area contributed by atoms with E-state index in [1.807, 2.05) is 0 Å². The molecule has 1 unspecified atom stereocenters. The summed E-state index contributed by atoms with van der Waals surface area (Å²) in [6.07, 6.45) is 1.77. The van der Waals surface area contributed by atoms with Crippen molar-refractivity contribution in [1.82, 2.24) is 10.1 Å². The number of carbonyl (C=O) groups excluding carboxylic acids is 2. The maximum atomic E-state index is 13.6. The monoisotopic (exact) mass is 504 g/mol. The first kappa shape index (κ1) is 25.4. The Morgan fingerprint density at radius 3 is 2.50 bits per heavy atom. The van der Waals surface area contributed by atoms with Gasteiger partial charge in [0.25, 0.3) is 0 Å². The zero-order valence-corrected chi connectivity index (χ0v) is 20.0. The molecule has 0 bridgehead atoms. The van der Waals surface area contributed by atoms with E-state index in [4.69, 9.17) is 25.4 Å². The van der Waals surface area contributed by atoms with Crippen LogP contribution in [-0.2, 0) is 20.5 Å². The standard InChI is InChI=1S/C23H22ClN2O7P/c1-15-22(28)21(13-27)17(12-25-15)14-31-34(30,33-20-6-4-3-5-7-20)26-16(2)23(29)32-19-10-8-18(24)9-11-19/h3-13,16,28H,14H2,1-2H3,(H,26,30)/t16-,34?/m0/s1. The predicted molar refractivity (Wildman–Crippen MR) is 125 cm³/mol. The van der Waals surface area contributed by atoms with E-state index < -0.39 is 26.4 Å². The number of pyridine rings is 1. The fourth-order valence-electron chi connectivity index (χ4n) is 2.76. The Hall–Kier alpha value is -3.23. The van der Waals surface area contributed by atoms with E-state index in [0.29, 0.717) is 11.3 Å². The van der Waals surface area contributed by atoms with Gasteiger partial charge < -0.3 is 14.4 Å². The topological polar surface area (TPSA) is 124 Å². The normalized spacial score (nSPS) is 13.5. The molecule has 0 radical (unpaired) electrons. The minimum Gasteiger partial charge on any atom is -0.505 e. The number of aldehydes is 1. The Labute approximate surface area is 201 Å². The zero-order valence-electron chi connectivity index (χ0n) is 18.3. The molecule has 2 aromatic carbocycles. The summed E-state index contributed by atoms with van der Waals surface area (Å²) in [6, 6.07) is 13.2. The highest BCUT2D eigenvalue weighted by Gasteiger charge is 2.33. The summed E-state index contributed by atoms with van der Waals surface area (Å²) >= 11 is 5.84. The van der Waals surface area contributed by atoms with Gasteiger partial charge in [0, 0.05) is 16.8 Å². The van der Waals surface area contributed by atoms with Crippen LogP contribution in [0.2, 0.25) is 5.02 Å². The molecule has 34 heavy (non-hydrogen) atoms. The molecule has 3 rings (SSSR count). The molecule has 2 atom stereocenters. The number of aromatic nitrogens is 1. The number of benzene rings is 2. The smallest absolute Gasteiger partial charge is 0.459 e. The number of aryl methyl sites for hydroxylation is 1. The first-order chi connectivity index (χ1) is 16.2. The average molecular weight is 505 g/mol. The van der Waals surface area contributed by atoms with Crippen LogP contribution in [0.4, 0.5) is 0 Å². The quantitative estimate of drug-likeness (QED) is 0.172. The van der Waals surface area contributed by atoms with Gasteiger partial charge in [-0.15, -0.1) is 0 Å². The van der Waals surface area contributed by atoms with E-state index in [1.54, 1.807) is 42.5 Å². The van der Waals surface area contributed by atoms with Crippen molar-refractivity contribution >= 4 is 31.6 Å². The molecule has 1 aromatic heterocycles. The van der Waals surface area contributed by atoms with Crippen LogP contribution in [0.5, 0.6) is 17.2 Å². The highest BCUT2D eigenvalue weighted by molar-refractivity contribution is 7.52. The number of hydrogen-bond acceptors (Lipinski definition) is 8. The van der Waals surface area contributed by atoms with Crippen molar-refractivity contribution in [2.45, 2.75) is 26.5 Å². The van der Waals surface area contributed by atoms with Gasteiger partial charge in [0.2, 0.25) is 0 Å². The van der Waals surface area contributed by atoms with Gasteiger partial charge in [-0.3, -0.25) is 14.3 Å². The summed E-state index contributed by atoms with van der Waals surface area (Å²) in [7, 11) is -4.18. The largest absolute Gasteiger partial charge is 0.505 e. The van der Waals surface area contributed by atoms with Gasteiger partial charge in [-0.25, -0.2) is 9.36 Å². The summed E-state index contributed by atoms with van der Waals surface area (Å²) in [5.74, 6) is -0.578. The number of ether oxygens (including phenoxy) is 1. The Kier molecular flexibility index (Phi) is 8.41. The van der Waals surface area contributed by atoms with Crippen molar-refractivity contribution in [3.8, 4) is 17.2 Å². The number of nitrogens with zero attached hydrogens (tertiary/aromatic N) is 1. The molecule has 3 aromatic rings. The maximum absolute atomic E-state index is 13.6. The van der Waals surface area contributed by atoms with Crippen LogP contribution in [0.3, 0.4) is 0 Å². The van der Waals surface area contributed by atoms with E-state index in [2.05, 4.69) is 10.1 Å². The SMILES string of the molecule is Cc1ncc(COP(=O)(N[C@@H](C)C(=O)Oc2ccc(Cl)cc2)Oc2ccccc2)c(C=O)c1O. The summed E-state index contributed by atoms with van der Waals surface area (Å²) < 4.78 is 29.9. The summed E-state index contributed by atoms with van der Waals surface area (Å²) in [5.41, 5.74) is 0.397. The molecule has 178 valence electrons. The van der Waals surface area contributed by atoms with Crippen LogP contribution in [0, 0.1) is 6.92 Å². The number of aromatic hydroxyl groups is 1. The van der Waals surface area contributed by atoms with Gasteiger partial charge in [-0.1, -0.05) is 29.8 Å². The van der Waals surface area contributed by atoms with E-state index in [-0.39, 0.29) is 34.1 Å². The lowest BCUT2D eigenvalue weighted by Gasteiger charge is -2.23. The zero-order chi connectivity index (χ0) is 24.7. The fourth-order valence-corrected chi connectivity index (χ4v) is 4.35. The molecule has 0 aliphatic heterocycles. The summed E-state index contributed by atoms with van der Waals surface area (Å²) in [5, 5.41) is 13.1. The number of para-hydroxylation sites is 1. The highest BCUT2D eigenvalue weighted by atomic mass is 35.5. The average Bonchev–Trinajstić information content (AvgIpc) is 2.82. The molecular formula is C23H22ClN2O7P. The van der Waals surface area contributed by atoms with Crippen LogP contribution < -0.4 is 14.3 Å². The second kappa shape index (κ2) is 11.3. The van der Waals surface area contributed by atoms with Crippen molar-refractivity contribution in [2.75, 3.05) is 0 Å². The van der Waals surface area contributed by atoms with E-state index in [1.165, 1.54) is 32.2 Å². The minimum absolute atomic E-state index is 0.0473. The molecule has 0 amide bonds. The van der Waals surface area contributed by atoms with Gasteiger partial charge in [0.1, 0.15) is 23.3 Å². The number of rotatable bonds is 10. The molecule has 0 aliphatic carbocycles. The van der Waals surface area contributed by atoms with Gasteiger partial charge in [-0.05, 0) is 50.2 Å². The van der Waals surface area contributed by atoms with E-state index in [9.17, 15) is 19.3 Å². The Bertz CT molecular complexity index is 1210. The van der Waals surface area contributed by atoms with Crippen LogP contribution in [0.25, 0.3) is 0 Å². The molecule has 0 spiro atoms. The minimum atomic E-state index is -4.18.